The van der Waals surface area contributed by atoms with Gasteiger partial charge < -0.3 is 0 Å². The van der Waals surface area contributed by atoms with E-state index in [4.69, 9.17) is 0 Å². The van der Waals surface area contributed by atoms with E-state index in [1.165, 1.54) is 0 Å². The van der Waals surface area contributed by atoms with Crippen molar-refractivity contribution in [1.82, 2.24) is 4.72 Å². The third-order valence-corrected chi connectivity index (χ3v) is 4.83. The summed E-state index contributed by atoms with van der Waals surface area (Å²) in [4.78, 5) is 11.8. The van der Waals surface area contributed by atoms with Crippen molar-refractivity contribution in [3.8, 4) is 0 Å². The Morgan fingerprint density at radius 2 is 1.79 bits per heavy atom. The zero-order valence-electron chi connectivity index (χ0n) is 11.6. The van der Waals surface area contributed by atoms with Crippen LogP contribution in [0.1, 0.15) is 45.1 Å². The maximum absolute atomic E-state index is 11.8. The van der Waals surface area contributed by atoms with Gasteiger partial charge in [0.25, 0.3) is 0 Å². The van der Waals surface area contributed by atoms with E-state index in [0.29, 0.717) is 0 Å². The molecule has 106 valence electrons. The third-order valence-electron chi connectivity index (χ3n) is 3.07. The number of carbonyl (C=O) groups excluding carboxylic acids is 1. The second-order valence-electron chi connectivity index (χ2n) is 4.84. The van der Waals surface area contributed by atoms with Crippen LogP contribution in [0.2, 0.25) is 0 Å². The predicted molar refractivity (Wildman–Crippen MR) is 76.3 cm³/mol. The molecular weight excluding hydrogens is 262 g/mol. The molecule has 0 aliphatic heterocycles. The maximum atomic E-state index is 11.8. The standard InChI is InChI=1S/C14H21NO3S/c1-4-12(13-8-6-5-7-9-13)10-14(16)15-19(17,18)11(2)3/h5-9,11-12H,4,10H2,1-3H3,(H,15,16)/t12-/m1/s1. The monoisotopic (exact) mass is 283 g/mol. The number of sulfonamides is 1. The molecule has 1 amide bonds. The van der Waals surface area contributed by atoms with Gasteiger partial charge in [0.15, 0.2) is 0 Å². The van der Waals surface area contributed by atoms with Crippen LogP contribution < -0.4 is 4.72 Å². The van der Waals surface area contributed by atoms with Gasteiger partial charge in [-0.2, -0.15) is 0 Å². The number of carbonyl (C=O) groups is 1. The second kappa shape index (κ2) is 6.70. The van der Waals surface area contributed by atoms with Gasteiger partial charge in [0.2, 0.25) is 15.9 Å². The summed E-state index contributed by atoms with van der Waals surface area (Å²) >= 11 is 0. The maximum Gasteiger partial charge on any atom is 0.237 e. The molecule has 0 aromatic heterocycles. The molecule has 0 spiro atoms. The topological polar surface area (TPSA) is 63.2 Å². The summed E-state index contributed by atoms with van der Waals surface area (Å²) in [5.41, 5.74) is 1.06. The highest BCUT2D eigenvalue weighted by Gasteiger charge is 2.21. The van der Waals surface area contributed by atoms with Gasteiger partial charge in [-0.25, -0.2) is 8.42 Å². The molecule has 1 atom stereocenters. The molecule has 0 saturated heterocycles. The van der Waals surface area contributed by atoms with Crippen LogP contribution >= 0.6 is 0 Å². The summed E-state index contributed by atoms with van der Waals surface area (Å²) in [6, 6.07) is 9.66. The van der Waals surface area contributed by atoms with Crippen LogP contribution in [0.5, 0.6) is 0 Å². The van der Waals surface area contributed by atoms with Crippen molar-refractivity contribution >= 4 is 15.9 Å². The lowest BCUT2D eigenvalue weighted by Gasteiger charge is -2.16. The lowest BCUT2D eigenvalue weighted by atomic mass is 9.93. The van der Waals surface area contributed by atoms with Gasteiger partial charge in [-0.05, 0) is 31.7 Å². The first-order valence-electron chi connectivity index (χ1n) is 6.46. The van der Waals surface area contributed by atoms with Gasteiger partial charge in [0, 0.05) is 6.42 Å². The first-order valence-corrected chi connectivity index (χ1v) is 8.00. The molecule has 1 N–H and O–H groups in total. The van der Waals surface area contributed by atoms with Gasteiger partial charge in [0.1, 0.15) is 0 Å². The zero-order valence-corrected chi connectivity index (χ0v) is 12.4. The Morgan fingerprint density at radius 3 is 2.26 bits per heavy atom. The van der Waals surface area contributed by atoms with Crippen LogP contribution in [-0.4, -0.2) is 19.6 Å². The number of rotatable bonds is 6. The largest absolute Gasteiger partial charge is 0.274 e. The van der Waals surface area contributed by atoms with Crippen molar-refractivity contribution in [2.24, 2.45) is 0 Å². The molecule has 0 unspecified atom stereocenters. The Hall–Kier alpha value is -1.36. The Kier molecular flexibility index (Phi) is 5.54. The Bertz CT molecular complexity index is 509. The Morgan fingerprint density at radius 1 is 1.21 bits per heavy atom. The fourth-order valence-corrected chi connectivity index (χ4v) is 2.40. The van der Waals surface area contributed by atoms with Gasteiger partial charge >= 0.3 is 0 Å². The molecule has 0 radical (unpaired) electrons. The quantitative estimate of drug-likeness (QED) is 0.872. The molecule has 0 bridgehead atoms. The van der Waals surface area contributed by atoms with Crippen molar-refractivity contribution < 1.29 is 13.2 Å². The molecule has 1 aromatic carbocycles. The van der Waals surface area contributed by atoms with Gasteiger partial charge in [0.05, 0.1) is 5.25 Å². The van der Waals surface area contributed by atoms with E-state index in [1.807, 2.05) is 37.3 Å². The molecule has 1 aromatic rings. The number of nitrogens with one attached hydrogen (secondary N) is 1. The SMILES string of the molecule is CC[C@H](CC(=O)NS(=O)(=O)C(C)C)c1ccccc1. The Labute approximate surface area is 115 Å². The normalized spacial score (nSPS) is 13.3. The van der Waals surface area contributed by atoms with E-state index in [2.05, 4.69) is 4.72 Å². The molecule has 4 nitrogen and oxygen atoms in total. The van der Waals surface area contributed by atoms with Crippen molar-refractivity contribution in [3.63, 3.8) is 0 Å². The average molecular weight is 283 g/mol. The van der Waals surface area contributed by atoms with Crippen molar-refractivity contribution in [3.05, 3.63) is 35.9 Å². The van der Waals surface area contributed by atoms with Crippen molar-refractivity contribution in [2.45, 2.75) is 44.8 Å². The van der Waals surface area contributed by atoms with Crippen LogP contribution in [0.3, 0.4) is 0 Å². The summed E-state index contributed by atoms with van der Waals surface area (Å²) in [6.07, 6.45) is 0.978. The number of hydrogen-bond acceptors (Lipinski definition) is 3. The third kappa shape index (κ3) is 4.67. The molecule has 19 heavy (non-hydrogen) atoms. The van der Waals surface area contributed by atoms with Gasteiger partial charge in [-0.1, -0.05) is 37.3 Å². The average Bonchev–Trinajstić information content (AvgIpc) is 2.36. The molecule has 0 fully saturated rings. The lowest BCUT2D eigenvalue weighted by molar-refractivity contribution is -0.119. The van der Waals surface area contributed by atoms with E-state index in [9.17, 15) is 13.2 Å². The van der Waals surface area contributed by atoms with E-state index in [-0.39, 0.29) is 12.3 Å². The number of hydrogen-bond donors (Lipinski definition) is 1. The Balaban J connectivity index is 2.70. The molecule has 0 aliphatic carbocycles. The predicted octanol–water partition coefficient (Wildman–Crippen LogP) is 2.42. The number of amides is 1. The van der Waals surface area contributed by atoms with Crippen LogP contribution in [0, 0.1) is 0 Å². The molecule has 0 aliphatic rings. The van der Waals surface area contributed by atoms with Crippen LogP contribution in [0.15, 0.2) is 30.3 Å². The molecule has 0 saturated carbocycles. The molecule has 5 heteroatoms. The lowest BCUT2D eigenvalue weighted by Crippen LogP contribution is -2.36. The highest BCUT2D eigenvalue weighted by atomic mass is 32.2. The van der Waals surface area contributed by atoms with Crippen LogP contribution in [-0.2, 0) is 14.8 Å². The van der Waals surface area contributed by atoms with Crippen LogP contribution in [0.25, 0.3) is 0 Å². The van der Waals surface area contributed by atoms with E-state index in [0.717, 1.165) is 12.0 Å². The molecule has 0 heterocycles. The fourth-order valence-electron chi connectivity index (χ4n) is 1.77. The van der Waals surface area contributed by atoms with Crippen molar-refractivity contribution in [2.75, 3.05) is 0 Å². The minimum Gasteiger partial charge on any atom is -0.274 e. The highest BCUT2D eigenvalue weighted by molar-refractivity contribution is 7.90. The summed E-state index contributed by atoms with van der Waals surface area (Å²) in [6.45, 7) is 5.08. The summed E-state index contributed by atoms with van der Waals surface area (Å²) < 4.78 is 25.4. The summed E-state index contributed by atoms with van der Waals surface area (Å²) in [5.74, 6) is -0.395. The van der Waals surface area contributed by atoms with E-state index in [1.54, 1.807) is 13.8 Å². The highest BCUT2D eigenvalue weighted by Crippen LogP contribution is 2.22. The minimum absolute atomic E-state index is 0.0450. The van der Waals surface area contributed by atoms with E-state index < -0.39 is 21.2 Å². The van der Waals surface area contributed by atoms with Gasteiger partial charge in [-0.3, -0.25) is 9.52 Å². The first-order chi connectivity index (χ1) is 8.86. The summed E-state index contributed by atoms with van der Waals surface area (Å²) in [5, 5.41) is -0.603. The molecule has 1 rings (SSSR count). The fraction of sp³-hybridized carbons (Fsp3) is 0.500. The molecular formula is C14H21NO3S. The minimum atomic E-state index is -3.53. The smallest absolute Gasteiger partial charge is 0.237 e. The second-order valence-corrected chi connectivity index (χ2v) is 7.08. The number of benzene rings is 1. The van der Waals surface area contributed by atoms with Gasteiger partial charge in [-0.15, -0.1) is 0 Å². The van der Waals surface area contributed by atoms with Crippen molar-refractivity contribution in [1.29, 1.82) is 0 Å². The van der Waals surface area contributed by atoms with Crippen LogP contribution in [0.4, 0.5) is 0 Å². The first kappa shape index (κ1) is 15.7. The van der Waals surface area contributed by atoms with E-state index >= 15 is 0 Å². The zero-order chi connectivity index (χ0) is 14.5. The summed E-state index contributed by atoms with van der Waals surface area (Å²) in [7, 11) is -3.53.